The Kier molecular flexibility index (Phi) is 5.57. The number of nitrogens with one attached hydrogen (secondary N) is 1. The largest absolute Gasteiger partial charge is 0.323 e. The van der Waals surface area contributed by atoms with E-state index < -0.39 is 15.9 Å². The molecule has 1 aliphatic rings. The van der Waals surface area contributed by atoms with Crippen molar-refractivity contribution in [3.05, 3.63) is 54.4 Å². The predicted molar refractivity (Wildman–Crippen MR) is 116 cm³/mol. The molecule has 0 saturated carbocycles. The standard InChI is InChI=1S/C21H25N5O3S/c1-15(2)26-20-17(13-23-26)12-18(14-22-20)24-21(27)19(16-6-4-3-5-7-16)25-8-10-30(28,29)11-9-25/h3-7,12-15,19H,8-11H2,1-2H3,(H,24,27). The molecule has 1 unspecified atom stereocenters. The second-order valence-electron chi connectivity index (χ2n) is 7.81. The van der Waals surface area contributed by atoms with Crippen molar-refractivity contribution in [2.75, 3.05) is 29.9 Å². The van der Waals surface area contributed by atoms with E-state index in [-0.39, 0.29) is 23.5 Å². The van der Waals surface area contributed by atoms with Crippen LogP contribution in [-0.2, 0) is 14.6 Å². The van der Waals surface area contributed by atoms with Crippen LogP contribution < -0.4 is 5.32 Å². The van der Waals surface area contributed by atoms with Crippen LogP contribution in [0.15, 0.2) is 48.8 Å². The van der Waals surface area contributed by atoms with E-state index in [0.717, 1.165) is 16.6 Å². The van der Waals surface area contributed by atoms with Gasteiger partial charge in [-0.2, -0.15) is 5.10 Å². The zero-order chi connectivity index (χ0) is 21.3. The molecule has 1 amide bonds. The van der Waals surface area contributed by atoms with E-state index in [1.807, 2.05) is 59.8 Å². The highest BCUT2D eigenvalue weighted by molar-refractivity contribution is 7.91. The molecule has 9 heteroatoms. The number of sulfone groups is 1. The molecule has 4 rings (SSSR count). The zero-order valence-electron chi connectivity index (χ0n) is 17.0. The van der Waals surface area contributed by atoms with Gasteiger partial charge in [0.05, 0.1) is 29.6 Å². The van der Waals surface area contributed by atoms with E-state index in [2.05, 4.69) is 15.4 Å². The lowest BCUT2D eigenvalue weighted by atomic mass is 10.0. The normalized spacial score (nSPS) is 17.8. The second kappa shape index (κ2) is 8.16. The Balaban J connectivity index is 1.60. The minimum absolute atomic E-state index is 0.0610. The van der Waals surface area contributed by atoms with Crippen LogP contribution in [0.5, 0.6) is 0 Å². The van der Waals surface area contributed by atoms with Crippen molar-refractivity contribution in [2.45, 2.75) is 25.9 Å². The van der Waals surface area contributed by atoms with Gasteiger partial charge in [0.25, 0.3) is 0 Å². The lowest BCUT2D eigenvalue weighted by molar-refractivity contribution is -0.121. The van der Waals surface area contributed by atoms with Crippen LogP contribution in [0.25, 0.3) is 11.0 Å². The highest BCUT2D eigenvalue weighted by Gasteiger charge is 2.32. The predicted octanol–water partition coefficient (Wildman–Crippen LogP) is 2.42. The summed E-state index contributed by atoms with van der Waals surface area (Å²) in [6.45, 7) is 4.72. The van der Waals surface area contributed by atoms with Gasteiger partial charge in [-0.3, -0.25) is 9.69 Å². The average molecular weight is 428 g/mol. The van der Waals surface area contributed by atoms with E-state index in [9.17, 15) is 13.2 Å². The van der Waals surface area contributed by atoms with Crippen molar-refractivity contribution in [2.24, 2.45) is 0 Å². The Hall–Kier alpha value is -2.78. The summed E-state index contributed by atoms with van der Waals surface area (Å²) < 4.78 is 25.5. The van der Waals surface area contributed by atoms with Crippen molar-refractivity contribution >= 4 is 32.5 Å². The maximum atomic E-state index is 13.3. The molecule has 8 nitrogen and oxygen atoms in total. The molecular formula is C21H25N5O3S. The van der Waals surface area contributed by atoms with Crippen LogP contribution in [0.3, 0.4) is 0 Å². The summed E-state index contributed by atoms with van der Waals surface area (Å²) >= 11 is 0. The lowest BCUT2D eigenvalue weighted by Crippen LogP contribution is -2.46. The molecule has 3 heterocycles. The quantitative estimate of drug-likeness (QED) is 0.672. The molecule has 30 heavy (non-hydrogen) atoms. The Morgan fingerprint density at radius 1 is 1.10 bits per heavy atom. The molecule has 3 aromatic rings. The molecule has 2 aromatic heterocycles. The first-order valence-corrected chi connectivity index (χ1v) is 11.8. The number of rotatable bonds is 5. The van der Waals surface area contributed by atoms with Crippen LogP contribution >= 0.6 is 0 Å². The molecule has 158 valence electrons. The number of nitrogens with zero attached hydrogens (tertiary/aromatic N) is 4. The summed E-state index contributed by atoms with van der Waals surface area (Å²) in [6, 6.07) is 10.9. The van der Waals surface area contributed by atoms with Gasteiger partial charge in [0.1, 0.15) is 6.04 Å². The average Bonchev–Trinajstić information content (AvgIpc) is 3.14. The van der Waals surface area contributed by atoms with Gasteiger partial charge in [0, 0.05) is 24.5 Å². The third-order valence-corrected chi connectivity index (χ3v) is 6.91. The topological polar surface area (TPSA) is 97.2 Å². The summed E-state index contributed by atoms with van der Waals surface area (Å²) in [6.07, 6.45) is 3.37. The number of fused-ring (bicyclic) bond motifs is 1. The number of aromatic nitrogens is 3. The van der Waals surface area contributed by atoms with Crippen LogP contribution in [0.4, 0.5) is 5.69 Å². The van der Waals surface area contributed by atoms with Crippen LogP contribution in [0, 0.1) is 0 Å². The number of anilines is 1. The number of benzene rings is 1. The summed E-state index contributed by atoms with van der Waals surface area (Å²) in [4.78, 5) is 19.7. The number of amides is 1. The molecule has 0 spiro atoms. The number of carbonyl (C=O) groups is 1. The molecule has 1 N–H and O–H groups in total. The monoisotopic (exact) mass is 427 g/mol. The fraction of sp³-hybridized carbons (Fsp3) is 0.381. The summed E-state index contributed by atoms with van der Waals surface area (Å²) in [5.74, 6) is -0.0882. The highest BCUT2D eigenvalue weighted by atomic mass is 32.2. The van der Waals surface area contributed by atoms with E-state index in [4.69, 9.17) is 0 Å². The first kappa shape index (κ1) is 20.5. The van der Waals surface area contributed by atoms with E-state index in [1.54, 1.807) is 12.4 Å². The third-order valence-electron chi connectivity index (χ3n) is 5.30. The summed E-state index contributed by atoms with van der Waals surface area (Å²) in [7, 11) is -3.04. The number of hydrogen-bond acceptors (Lipinski definition) is 6. The van der Waals surface area contributed by atoms with Gasteiger partial charge >= 0.3 is 0 Å². The van der Waals surface area contributed by atoms with Crippen molar-refractivity contribution in [1.82, 2.24) is 19.7 Å². The Morgan fingerprint density at radius 2 is 1.80 bits per heavy atom. The smallest absolute Gasteiger partial charge is 0.246 e. The van der Waals surface area contributed by atoms with E-state index in [1.165, 1.54) is 0 Å². The number of pyridine rings is 1. The van der Waals surface area contributed by atoms with Gasteiger partial charge in [0.2, 0.25) is 5.91 Å². The Bertz CT molecular complexity index is 1140. The molecule has 0 aliphatic carbocycles. The fourth-order valence-electron chi connectivity index (χ4n) is 3.75. The molecule has 1 aromatic carbocycles. The van der Waals surface area contributed by atoms with Gasteiger partial charge < -0.3 is 5.32 Å². The first-order chi connectivity index (χ1) is 14.3. The zero-order valence-corrected chi connectivity index (χ0v) is 17.8. The van der Waals surface area contributed by atoms with E-state index in [0.29, 0.717) is 18.8 Å². The molecule has 0 radical (unpaired) electrons. The maximum absolute atomic E-state index is 13.3. The maximum Gasteiger partial charge on any atom is 0.246 e. The minimum atomic E-state index is -3.04. The van der Waals surface area contributed by atoms with Crippen molar-refractivity contribution in [1.29, 1.82) is 0 Å². The third kappa shape index (κ3) is 4.22. The first-order valence-electron chi connectivity index (χ1n) is 9.97. The molecule has 1 atom stereocenters. The van der Waals surface area contributed by atoms with Crippen molar-refractivity contribution in [3.8, 4) is 0 Å². The van der Waals surface area contributed by atoms with Crippen molar-refractivity contribution in [3.63, 3.8) is 0 Å². The van der Waals surface area contributed by atoms with Crippen LogP contribution in [0.2, 0.25) is 0 Å². The van der Waals surface area contributed by atoms with E-state index >= 15 is 0 Å². The minimum Gasteiger partial charge on any atom is -0.323 e. The fourth-order valence-corrected chi connectivity index (χ4v) is 4.97. The van der Waals surface area contributed by atoms with Gasteiger partial charge in [-0.15, -0.1) is 0 Å². The molecular weight excluding hydrogens is 402 g/mol. The van der Waals surface area contributed by atoms with Crippen molar-refractivity contribution < 1.29 is 13.2 Å². The van der Waals surface area contributed by atoms with Crippen LogP contribution in [0.1, 0.15) is 31.5 Å². The van der Waals surface area contributed by atoms with Gasteiger partial charge in [-0.05, 0) is 25.5 Å². The molecule has 1 saturated heterocycles. The molecule has 1 aliphatic heterocycles. The molecule has 0 bridgehead atoms. The van der Waals surface area contributed by atoms with Gasteiger partial charge in [-0.1, -0.05) is 30.3 Å². The summed E-state index contributed by atoms with van der Waals surface area (Å²) in [5, 5.41) is 8.17. The molecule has 1 fully saturated rings. The van der Waals surface area contributed by atoms with Crippen LogP contribution in [-0.4, -0.2) is 58.6 Å². The van der Waals surface area contributed by atoms with Gasteiger partial charge in [-0.25, -0.2) is 18.1 Å². The summed E-state index contributed by atoms with van der Waals surface area (Å²) in [5.41, 5.74) is 2.18. The lowest BCUT2D eigenvalue weighted by Gasteiger charge is -2.33. The SMILES string of the molecule is CC(C)n1ncc2cc(NC(=O)C(c3ccccc3)N3CCS(=O)(=O)CC3)cnc21. The Morgan fingerprint density at radius 3 is 2.47 bits per heavy atom. The Labute approximate surface area is 175 Å². The number of hydrogen-bond donors (Lipinski definition) is 1. The number of carbonyl (C=O) groups excluding carboxylic acids is 1. The highest BCUT2D eigenvalue weighted by Crippen LogP contribution is 2.26. The van der Waals surface area contributed by atoms with Gasteiger partial charge in [0.15, 0.2) is 15.5 Å². The second-order valence-corrected chi connectivity index (χ2v) is 10.1.